The molecule has 3 heterocycles. The van der Waals surface area contributed by atoms with E-state index < -0.39 is 11.8 Å². The van der Waals surface area contributed by atoms with Gasteiger partial charge in [0.1, 0.15) is 0 Å². The average molecular weight is 325 g/mol. The van der Waals surface area contributed by atoms with E-state index in [-0.39, 0.29) is 6.42 Å². The first-order valence-electron chi connectivity index (χ1n) is 7.22. The van der Waals surface area contributed by atoms with Gasteiger partial charge in [0, 0.05) is 29.3 Å². The number of hydrogen-bond donors (Lipinski definition) is 2. The number of fused-ring (bicyclic) bond motifs is 1. The zero-order valence-electron chi connectivity index (χ0n) is 13.1. The summed E-state index contributed by atoms with van der Waals surface area (Å²) in [5.74, 6) is -0.0903. The Bertz CT molecular complexity index is 905. The van der Waals surface area contributed by atoms with E-state index in [1.54, 1.807) is 16.6 Å². The summed E-state index contributed by atoms with van der Waals surface area (Å²) in [5, 5.41) is 4.24. The number of carbonyl (C=O) groups is 2. The molecule has 0 unspecified atom stereocenters. The van der Waals surface area contributed by atoms with E-state index in [9.17, 15) is 9.59 Å². The van der Waals surface area contributed by atoms with E-state index in [1.807, 2.05) is 19.9 Å². The molecule has 0 atom stereocenters. The molecule has 122 valence electrons. The van der Waals surface area contributed by atoms with Crippen LogP contribution in [0.1, 0.15) is 27.6 Å². The maximum Gasteiger partial charge on any atom is 0.269 e. The number of carbonyl (C=O) groups excluding carboxylic acids is 2. The van der Waals surface area contributed by atoms with Crippen molar-refractivity contribution in [2.75, 3.05) is 0 Å². The van der Waals surface area contributed by atoms with Gasteiger partial charge in [0.25, 0.3) is 11.7 Å². The number of nitrogens with one attached hydrogen (secondary N) is 2. The van der Waals surface area contributed by atoms with Crippen LogP contribution in [0, 0.1) is 13.8 Å². The molecule has 0 aliphatic carbocycles. The van der Waals surface area contributed by atoms with Gasteiger partial charge in [0.2, 0.25) is 5.91 Å². The van der Waals surface area contributed by atoms with E-state index in [4.69, 9.17) is 0 Å². The van der Waals surface area contributed by atoms with Crippen LogP contribution in [0.15, 0.2) is 30.6 Å². The number of aryl methyl sites for hydroxylation is 2. The molecule has 3 aromatic rings. The minimum atomic E-state index is -0.429. The van der Waals surface area contributed by atoms with Crippen molar-refractivity contribution in [3.63, 3.8) is 0 Å². The highest BCUT2D eigenvalue weighted by atomic mass is 16.2. The van der Waals surface area contributed by atoms with Crippen molar-refractivity contribution < 1.29 is 9.59 Å². The first kappa shape index (κ1) is 15.5. The quantitative estimate of drug-likeness (QED) is 0.662. The Kier molecular flexibility index (Phi) is 4.15. The molecule has 0 bridgehead atoms. The molecule has 9 nitrogen and oxygen atoms in total. The largest absolute Gasteiger partial charge is 0.273 e. The normalized spacial score (nSPS) is 10.6. The monoisotopic (exact) mass is 325 g/mol. The van der Waals surface area contributed by atoms with Crippen LogP contribution in [-0.4, -0.2) is 36.4 Å². The lowest BCUT2D eigenvalue weighted by Crippen LogP contribution is -2.42. The molecule has 0 spiro atoms. The Hall–Kier alpha value is -3.36. The van der Waals surface area contributed by atoms with Crippen molar-refractivity contribution in [1.29, 1.82) is 0 Å². The molecule has 0 aliphatic heterocycles. The third-order valence-corrected chi connectivity index (χ3v) is 3.24. The molecule has 3 rings (SSSR count). The van der Waals surface area contributed by atoms with Crippen LogP contribution in [0.4, 0.5) is 0 Å². The van der Waals surface area contributed by atoms with Crippen molar-refractivity contribution in [2.24, 2.45) is 0 Å². The lowest BCUT2D eigenvalue weighted by atomic mass is 10.3. The minimum Gasteiger partial charge on any atom is -0.273 e. The zero-order chi connectivity index (χ0) is 17.1. The Balaban J connectivity index is 1.63. The Morgan fingerprint density at radius 1 is 1.12 bits per heavy atom. The van der Waals surface area contributed by atoms with Crippen LogP contribution >= 0.6 is 0 Å². The van der Waals surface area contributed by atoms with Crippen LogP contribution in [0.25, 0.3) is 5.78 Å². The third kappa shape index (κ3) is 3.35. The van der Waals surface area contributed by atoms with Crippen LogP contribution in [0.3, 0.4) is 0 Å². The highest BCUT2D eigenvalue weighted by Gasteiger charge is 2.13. The van der Waals surface area contributed by atoms with Gasteiger partial charge in [-0.25, -0.2) is 9.50 Å². The molecule has 0 radical (unpaired) electrons. The molecule has 3 aromatic heterocycles. The Labute approximate surface area is 137 Å². The summed E-state index contributed by atoms with van der Waals surface area (Å²) in [5.41, 5.74) is 6.76. The maximum absolute atomic E-state index is 11.9. The number of pyridine rings is 1. The summed E-state index contributed by atoms with van der Waals surface area (Å²) in [6, 6.07) is 4.96. The average Bonchev–Trinajstić information content (AvgIpc) is 2.96. The van der Waals surface area contributed by atoms with Crippen molar-refractivity contribution in [3.05, 3.63) is 53.4 Å². The van der Waals surface area contributed by atoms with Gasteiger partial charge in [-0.2, -0.15) is 4.98 Å². The van der Waals surface area contributed by atoms with E-state index in [0.717, 1.165) is 11.4 Å². The molecular formula is C15H15N7O2. The molecular weight excluding hydrogens is 310 g/mol. The fourth-order valence-electron chi connectivity index (χ4n) is 2.17. The Morgan fingerprint density at radius 2 is 1.88 bits per heavy atom. The van der Waals surface area contributed by atoms with Crippen LogP contribution in [-0.2, 0) is 11.2 Å². The zero-order valence-corrected chi connectivity index (χ0v) is 13.1. The van der Waals surface area contributed by atoms with Crippen molar-refractivity contribution in [3.8, 4) is 0 Å². The number of aromatic nitrogens is 5. The minimum absolute atomic E-state index is 0.0710. The van der Waals surface area contributed by atoms with E-state index in [0.29, 0.717) is 17.2 Å². The second-order valence-corrected chi connectivity index (χ2v) is 5.19. The number of hydrogen-bond acceptors (Lipinski definition) is 6. The maximum atomic E-state index is 11.9. The lowest BCUT2D eigenvalue weighted by Gasteiger charge is -2.05. The van der Waals surface area contributed by atoms with Gasteiger partial charge < -0.3 is 0 Å². The molecule has 2 N–H and O–H groups in total. The number of rotatable bonds is 3. The molecule has 2 amide bonds. The predicted molar refractivity (Wildman–Crippen MR) is 83.8 cm³/mol. The highest BCUT2D eigenvalue weighted by Crippen LogP contribution is 2.05. The fourth-order valence-corrected chi connectivity index (χ4v) is 2.17. The molecule has 9 heteroatoms. The van der Waals surface area contributed by atoms with Gasteiger partial charge in [-0.05, 0) is 32.0 Å². The van der Waals surface area contributed by atoms with Crippen LogP contribution < -0.4 is 10.9 Å². The molecule has 0 aromatic carbocycles. The van der Waals surface area contributed by atoms with Crippen LogP contribution in [0.5, 0.6) is 0 Å². The van der Waals surface area contributed by atoms with Gasteiger partial charge in [-0.1, -0.05) is 0 Å². The Morgan fingerprint density at radius 3 is 2.62 bits per heavy atom. The first-order valence-corrected chi connectivity index (χ1v) is 7.22. The summed E-state index contributed by atoms with van der Waals surface area (Å²) in [7, 11) is 0. The summed E-state index contributed by atoms with van der Waals surface area (Å²) < 4.78 is 1.57. The smallest absolute Gasteiger partial charge is 0.269 e. The van der Waals surface area contributed by atoms with Gasteiger partial charge in [0.05, 0.1) is 6.42 Å². The highest BCUT2D eigenvalue weighted by molar-refractivity contribution is 5.95. The molecule has 0 fully saturated rings. The predicted octanol–water partition coefficient (Wildman–Crippen LogP) is 0.140. The van der Waals surface area contributed by atoms with E-state index in [1.165, 1.54) is 12.4 Å². The van der Waals surface area contributed by atoms with Crippen LogP contribution in [0.2, 0.25) is 0 Å². The number of hydrazine groups is 1. The van der Waals surface area contributed by atoms with Gasteiger partial charge in [-0.3, -0.25) is 25.4 Å². The summed E-state index contributed by atoms with van der Waals surface area (Å²) in [6.07, 6.45) is 2.92. The van der Waals surface area contributed by atoms with Crippen molar-refractivity contribution in [1.82, 2.24) is 35.4 Å². The lowest BCUT2D eigenvalue weighted by molar-refractivity contribution is -0.121. The van der Waals surface area contributed by atoms with Crippen molar-refractivity contribution >= 4 is 17.6 Å². The molecule has 24 heavy (non-hydrogen) atoms. The summed E-state index contributed by atoms with van der Waals surface area (Å²) in [6.45, 7) is 3.75. The summed E-state index contributed by atoms with van der Waals surface area (Å²) in [4.78, 5) is 36.1. The van der Waals surface area contributed by atoms with Gasteiger partial charge in [0.15, 0.2) is 5.82 Å². The number of nitrogens with zero attached hydrogens (tertiary/aromatic N) is 5. The standard InChI is InChI=1S/C15H15N7O2/c1-9-7-10(2)22-15(17-9)18-12(21-22)8-13(23)19-20-14(24)11-3-5-16-6-4-11/h3-7H,8H2,1-2H3,(H,19,23)(H,20,24). The summed E-state index contributed by atoms with van der Waals surface area (Å²) >= 11 is 0. The first-order chi connectivity index (χ1) is 11.5. The fraction of sp³-hybridized carbons (Fsp3) is 0.200. The van der Waals surface area contributed by atoms with E-state index >= 15 is 0 Å². The molecule has 0 saturated carbocycles. The number of amides is 2. The second kappa shape index (κ2) is 6.41. The van der Waals surface area contributed by atoms with Gasteiger partial charge >= 0.3 is 0 Å². The van der Waals surface area contributed by atoms with Crippen molar-refractivity contribution in [2.45, 2.75) is 20.3 Å². The van der Waals surface area contributed by atoms with E-state index in [2.05, 4.69) is 30.9 Å². The molecule has 0 saturated heterocycles. The second-order valence-electron chi connectivity index (χ2n) is 5.19. The molecule has 0 aliphatic rings. The third-order valence-electron chi connectivity index (χ3n) is 3.24. The topological polar surface area (TPSA) is 114 Å². The van der Waals surface area contributed by atoms with Gasteiger partial charge in [-0.15, -0.1) is 5.10 Å². The SMILES string of the molecule is Cc1cc(C)n2nc(CC(=O)NNC(=O)c3ccncc3)nc2n1.